The van der Waals surface area contributed by atoms with E-state index in [1.54, 1.807) is 0 Å². The topological polar surface area (TPSA) is 41.6 Å². The molecule has 2 aromatic heterocycles. The van der Waals surface area contributed by atoms with Crippen molar-refractivity contribution in [1.82, 2.24) is 15.0 Å². The van der Waals surface area contributed by atoms with Gasteiger partial charge in [0.2, 0.25) is 0 Å². The lowest BCUT2D eigenvalue weighted by atomic mass is 10.0. The van der Waals surface area contributed by atoms with Gasteiger partial charge in [-0.1, -0.05) is 38.1 Å². The molecule has 2 heterocycles. The zero-order valence-electron chi connectivity index (χ0n) is 11.4. The van der Waals surface area contributed by atoms with Gasteiger partial charge in [-0.2, -0.15) is 0 Å². The number of hydrogen-bond donors (Lipinski definition) is 1. The summed E-state index contributed by atoms with van der Waals surface area (Å²) < 4.78 is 0. The monoisotopic (exact) mass is 251 g/mol. The molecule has 0 saturated heterocycles. The summed E-state index contributed by atoms with van der Waals surface area (Å²) in [5.41, 5.74) is 5.34. The summed E-state index contributed by atoms with van der Waals surface area (Å²) in [5, 5.41) is 0. The summed E-state index contributed by atoms with van der Waals surface area (Å²) in [4.78, 5) is 12.2. The standard InChI is InChI=1S/C16H17N3/c1-10(2)12-4-6-13(7-5-12)15-18-14-8-11(3)9-17-16(14)19-15/h4-10H,1-3H3,(H,17,18,19). The molecule has 0 unspecified atom stereocenters. The Balaban J connectivity index is 2.03. The fourth-order valence-corrected chi connectivity index (χ4v) is 2.17. The molecule has 0 aliphatic carbocycles. The van der Waals surface area contributed by atoms with Crippen LogP contribution in [0.1, 0.15) is 30.9 Å². The van der Waals surface area contributed by atoms with Crippen molar-refractivity contribution in [2.75, 3.05) is 0 Å². The fraction of sp³-hybridized carbons (Fsp3) is 0.250. The summed E-state index contributed by atoms with van der Waals surface area (Å²) in [6, 6.07) is 10.6. The average molecular weight is 251 g/mol. The van der Waals surface area contributed by atoms with Crippen LogP contribution in [-0.4, -0.2) is 15.0 Å². The van der Waals surface area contributed by atoms with Crippen LogP contribution in [-0.2, 0) is 0 Å². The van der Waals surface area contributed by atoms with Crippen molar-refractivity contribution in [1.29, 1.82) is 0 Å². The molecule has 0 atom stereocenters. The van der Waals surface area contributed by atoms with Crippen molar-refractivity contribution in [3.8, 4) is 11.4 Å². The van der Waals surface area contributed by atoms with Crippen LogP contribution >= 0.6 is 0 Å². The van der Waals surface area contributed by atoms with Crippen molar-refractivity contribution < 1.29 is 0 Å². The SMILES string of the molecule is Cc1cnc2nc(-c3ccc(C(C)C)cc3)[nH]c2c1. The molecule has 3 nitrogen and oxygen atoms in total. The molecule has 3 aromatic rings. The third kappa shape index (κ3) is 2.24. The number of benzene rings is 1. The lowest BCUT2D eigenvalue weighted by molar-refractivity contribution is 0.867. The number of H-pyrrole nitrogens is 1. The number of rotatable bonds is 2. The molecular weight excluding hydrogens is 234 g/mol. The van der Waals surface area contributed by atoms with Crippen molar-refractivity contribution in [3.05, 3.63) is 47.7 Å². The fourth-order valence-electron chi connectivity index (χ4n) is 2.17. The molecule has 1 aromatic carbocycles. The lowest BCUT2D eigenvalue weighted by Crippen LogP contribution is -1.87. The van der Waals surface area contributed by atoms with Gasteiger partial charge in [-0.3, -0.25) is 0 Å². The smallest absolute Gasteiger partial charge is 0.178 e. The van der Waals surface area contributed by atoms with Crippen LogP contribution in [0.2, 0.25) is 0 Å². The maximum Gasteiger partial charge on any atom is 0.178 e. The van der Waals surface area contributed by atoms with Crippen LogP contribution in [0.5, 0.6) is 0 Å². The van der Waals surface area contributed by atoms with Crippen molar-refractivity contribution in [2.24, 2.45) is 0 Å². The minimum atomic E-state index is 0.550. The van der Waals surface area contributed by atoms with E-state index in [1.807, 2.05) is 13.1 Å². The van der Waals surface area contributed by atoms with Crippen LogP contribution in [0.4, 0.5) is 0 Å². The minimum absolute atomic E-state index is 0.550. The molecular formula is C16H17N3. The van der Waals surface area contributed by atoms with Gasteiger partial charge in [0, 0.05) is 11.8 Å². The number of aromatic nitrogens is 3. The van der Waals surface area contributed by atoms with Gasteiger partial charge >= 0.3 is 0 Å². The molecule has 0 fully saturated rings. The van der Waals surface area contributed by atoms with E-state index in [0.29, 0.717) is 5.92 Å². The first-order chi connectivity index (χ1) is 9.13. The highest BCUT2D eigenvalue weighted by molar-refractivity contribution is 5.76. The Labute approximate surface area is 112 Å². The number of aryl methyl sites for hydroxylation is 1. The Morgan fingerprint density at radius 3 is 2.53 bits per heavy atom. The van der Waals surface area contributed by atoms with Crippen LogP contribution in [0.3, 0.4) is 0 Å². The first-order valence-corrected chi connectivity index (χ1v) is 6.56. The van der Waals surface area contributed by atoms with E-state index < -0.39 is 0 Å². The molecule has 0 aliphatic rings. The van der Waals surface area contributed by atoms with Gasteiger partial charge < -0.3 is 4.98 Å². The van der Waals surface area contributed by atoms with E-state index >= 15 is 0 Å². The number of hydrogen-bond acceptors (Lipinski definition) is 2. The summed E-state index contributed by atoms with van der Waals surface area (Å²) in [7, 11) is 0. The van der Waals surface area contributed by atoms with Gasteiger partial charge in [0.15, 0.2) is 5.65 Å². The Morgan fingerprint density at radius 2 is 1.84 bits per heavy atom. The van der Waals surface area contributed by atoms with Gasteiger partial charge in [0.25, 0.3) is 0 Å². The quantitative estimate of drug-likeness (QED) is 0.746. The van der Waals surface area contributed by atoms with Crippen molar-refractivity contribution in [3.63, 3.8) is 0 Å². The Bertz CT molecular complexity index is 708. The minimum Gasteiger partial charge on any atom is -0.337 e. The van der Waals surface area contributed by atoms with E-state index in [-0.39, 0.29) is 0 Å². The highest BCUT2D eigenvalue weighted by Gasteiger charge is 2.07. The van der Waals surface area contributed by atoms with Gasteiger partial charge in [0.1, 0.15) is 5.82 Å². The normalized spacial score (nSPS) is 11.4. The summed E-state index contributed by atoms with van der Waals surface area (Å²) in [5.74, 6) is 1.43. The van der Waals surface area contributed by atoms with Gasteiger partial charge in [-0.15, -0.1) is 0 Å². The number of aromatic amines is 1. The van der Waals surface area contributed by atoms with E-state index in [4.69, 9.17) is 0 Å². The first kappa shape index (κ1) is 11.9. The second kappa shape index (κ2) is 4.50. The van der Waals surface area contributed by atoms with Crippen molar-refractivity contribution >= 4 is 11.2 Å². The van der Waals surface area contributed by atoms with Gasteiger partial charge in [-0.25, -0.2) is 9.97 Å². The molecule has 19 heavy (non-hydrogen) atoms. The van der Waals surface area contributed by atoms with Crippen molar-refractivity contribution in [2.45, 2.75) is 26.7 Å². The number of imidazole rings is 1. The van der Waals surface area contributed by atoms with Crippen LogP contribution in [0, 0.1) is 6.92 Å². The molecule has 0 spiro atoms. The highest BCUT2D eigenvalue weighted by atomic mass is 15.0. The average Bonchev–Trinajstić information content (AvgIpc) is 2.81. The number of pyridine rings is 1. The zero-order chi connectivity index (χ0) is 13.4. The summed E-state index contributed by atoms with van der Waals surface area (Å²) >= 11 is 0. The van der Waals surface area contributed by atoms with Gasteiger partial charge in [0.05, 0.1) is 5.52 Å². The van der Waals surface area contributed by atoms with E-state index in [0.717, 1.165) is 28.1 Å². The summed E-state index contributed by atoms with van der Waals surface area (Å²) in [6.45, 7) is 6.43. The van der Waals surface area contributed by atoms with Crippen LogP contribution < -0.4 is 0 Å². The molecule has 0 bridgehead atoms. The second-order valence-electron chi connectivity index (χ2n) is 5.25. The molecule has 0 aliphatic heterocycles. The van der Waals surface area contributed by atoms with Crippen LogP contribution in [0.25, 0.3) is 22.6 Å². The van der Waals surface area contributed by atoms with E-state index in [9.17, 15) is 0 Å². The predicted molar refractivity (Wildman–Crippen MR) is 78.2 cm³/mol. The molecule has 3 rings (SSSR count). The van der Waals surface area contributed by atoms with Crippen LogP contribution in [0.15, 0.2) is 36.5 Å². The zero-order valence-corrected chi connectivity index (χ0v) is 11.4. The molecule has 0 amide bonds. The lowest BCUT2D eigenvalue weighted by Gasteiger charge is -2.05. The maximum atomic E-state index is 4.53. The third-order valence-electron chi connectivity index (χ3n) is 3.32. The predicted octanol–water partition coefficient (Wildman–Crippen LogP) is 4.06. The highest BCUT2D eigenvalue weighted by Crippen LogP contribution is 2.22. The Kier molecular flexibility index (Phi) is 2.82. The Hall–Kier alpha value is -2.16. The number of fused-ring (bicyclic) bond motifs is 1. The van der Waals surface area contributed by atoms with E-state index in [2.05, 4.69) is 59.1 Å². The Morgan fingerprint density at radius 1 is 1.11 bits per heavy atom. The first-order valence-electron chi connectivity index (χ1n) is 6.56. The van der Waals surface area contributed by atoms with E-state index in [1.165, 1.54) is 5.56 Å². The molecule has 96 valence electrons. The number of nitrogens with zero attached hydrogens (tertiary/aromatic N) is 2. The number of nitrogens with one attached hydrogen (secondary N) is 1. The second-order valence-corrected chi connectivity index (χ2v) is 5.25. The third-order valence-corrected chi connectivity index (χ3v) is 3.32. The molecule has 3 heteroatoms. The summed E-state index contributed by atoms with van der Waals surface area (Å²) in [6.07, 6.45) is 1.84. The van der Waals surface area contributed by atoms with Gasteiger partial charge in [-0.05, 0) is 30.0 Å². The maximum absolute atomic E-state index is 4.53. The largest absolute Gasteiger partial charge is 0.337 e. The molecule has 0 saturated carbocycles. The molecule has 1 N–H and O–H groups in total. The molecule has 0 radical (unpaired) electrons.